The van der Waals surface area contributed by atoms with Crippen molar-refractivity contribution in [3.8, 4) is 5.75 Å². The molecular formula is C19H23N3O3. The van der Waals surface area contributed by atoms with Gasteiger partial charge < -0.3 is 20.7 Å². The van der Waals surface area contributed by atoms with Crippen molar-refractivity contribution in [2.75, 3.05) is 24.3 Å². The zero-order valence-corrected chi connectivity index (χ0v) is 14.5. The molecule has 0 spiro atoms. The van der Waals surface area contributed by atoms with Crippen LogP contribution in [-0.4, -0.2) is 25.5 Å². The summed E-state index contributed by atoms with van der Waals surface area (Å²) in [5.74, 6) is 0.641. The van der Waals surface area contributed by atoms with Crippen molar-refractivity contribution >= 4 is 23.2 Å². The highest BCUT2D eigenvalue weighted by Crippen LogP contribution is 2.14. The van der Waals surface area contributed by atoms with E-state index < -0.39 is 0 Å². The minimum atomic E-state index is -0.125. The number of ether oxygens (including phenoxy) is 1. The summed E-state index contributed by atoms with van der Waals surface area (Å²) in [6.45, 7) is 2.74. The van der Waals surface area contributed by atoms with E-state index in [0.717, 1.165) is 11.3 Å². The summed E-state index contributed by atoms with van der Waals surface area (Å²) in [5, 5.41) is 8.75. The largest absolute Gasteiger partial charge is 0.497 e. The first-order valence-corrected chi connectivity index (χ1v) is 8.08. The molecule has 0 aliphatic heterocycles. The lowest BCUT2D eigenvalue weighted by molar-refractivity contribution is -0.116. The van der Waals surface area contributed by atoms with Gasteiger partial charge in [-0.1, -0.05) is 12.1 Å². The average Bonchev–Trinajstić information content (AvgIpc) is 2.60. The average molecular weight is 341 g/mol. The van der Waals surface area contributed by atoms with Crippen LogP contribution in [0, 0.1) is 0 Å². The number of nitrogens with one attached hydrogen (secondary N) is 3. The summed E-state index contributed by atoms with van der Waals surface area (Å²) in [5.41, 5.74) is 2.54. The van der Waals surface area contributed by atoms with Crippen molar-refractivity contribution in [1.29, 1.82) is 0 Å². The van der Waals surface area contributed by atoms with E-state index in [1.54, 1.807) is 31.4 Å². The summed E-state index contributed by atoms with van der Waals surface area (Å²) in [6.07, 6.45) is 0.379. The zero-order valence-electron chi connectivity index (χ0n) is 14.5. The van der Waals surface area contributed by atoms with Gasteiger partial charge in [0.1, 0.15) is 5.75 Å². The number of anilines is 2. The molecule has 6 heteroatoms. The van der Waals surface area contributed by atoms with Crippen LogP contribution in [0.15, 0.2) is 48.5 Å². The standard InChI is InChI=1S/C19H23N3O3/c1-14(23)21-16-5-7-17(8-6-16)22-19(24)11-12-20-13-15-3-9-18(25-2)10-4-15/h3-10,20H,11-13H2,1-2H3,(H,21,23)(H,22,24). The molecule has 0 radical (unpaired) electrons. The van der Waals surface area contributed by atoms with Gasteiger partial charge >= 0.3 is 0 Å². The van der Waals surface area contributed by atoms with Crippen LogP contribution in [-0.2, 0) is 16.1 Å². The van der Waals surface area contributed by atoms with Gasteiger partial charge in [-0.25, -0.2) is 0 Å². The lowest BCUT2D eigenvalue weighted by atomic mass is 10.2. The quantitative estimate of drug-likeness (QED) is 0.645. The molecule has 25 heavy (non-hydrogen) atoms. The molecule has 6 nitrogen and oxygen atoms in total. The number of carbonyl (C=O) groups excluding carboxylic acids is 2. The van der Waals surface area contributed by atoms with E-state index in [1.165, 1.54) is 6.92 Å². The van der Waals surface area contributed by atoms with Crippen LogP contribution in [0.2, 0.25) is 0 Å². The number of benzene rings is 2. The molecule has 0 heterocycles. The highest BCUT2D eigenvalue weighted by molar-refractivity contribution is 5.92. The smallest absolute Gasteiger partial charge is 0.225 e. The normalized spacial score (nSPS) is 10.2. The molecule has 0 saturated carbocycles. The van der Waals surface area contributed by atoms with Crippen molar-refractivity contribution in [2.24, 2.45) is 0 Å². The van der Waals surface area contributed by atoms with E-state index >= 15 is 0 Å². The Kier molecular flexibility index (Phi) is 6.98. The third kappa shape index (κ3) is 6.64. The molecule has 2 rings (SSSR count). The SMILES string of the molecule is COc1ccc(CNCCC(=O)Nc2ccc(NC(C)=O)cc2)cc1. The van der Waals surface area contributed by atoms with E-state index in [2.05, 4.69) is 16.0 Å². The van der Waals surface area contributed by atoms with E-state index in [4.69, 9.17) is 4.74 Å². The fourth-order valence-corrected chi connectivity index (χ4v) is 2.24. The second-order valence-corrected chi connectivity index (χ2v) is 5.58. The van der Waals surface area contributed by atoms with Crippen LogP contribution < -0.4 is 20.7 Å². The van der Waals surface area contributed by atoms with Crippen LogP contribution >= 0.6 is 0 Å². The molecule has 2 amide bonds. The van der Waals surface area contributed by atoms with Crippen molar-refractivity contribution in [3.05, 3.63) is 54.1 Å². The Morgan fingerprint density at radius 1 is 0.920 bits per heavy atom. The third-order valence-electron chi connectivity index (χ3n) is 3.51. The van der Waals surface area contributed by atoms with Gasteiger partial charge in [0.2, 0.25) is 11.8 Å². The van der Waals surface area contributed by atoms with Gasteiger partial charge in [0, 0.05) is 37.8 Å². The maximum Gasteiger partial charge on any atom is 0.225 e. The second kappa shape index (κ2) is 9.44. The fraction of sp³-hybridized carbons (Fsp3) is 0.263. The third-order valence-corrected chi connectivity index (χ3v) is 3.51. The number of hydrogen-bond acceptors (Lipinski definition) is 4. The number of carbonyl (C=O) groups is 2. The van der Waals surface area contributed by atoms with Gasteiger partial charge in [0.15, 0.2) is 0 Å². The van der Waals surface area contributed by atoms with Gasteiger partial charge in [0.05, 0.1) is 7.11 Å². The number of rotatable bonds is 8. The maximum absolute atomic E-state index is 11.9. The molecule has 0 saturated heterocycles. The Hall–Kier alpha value is -2.86. The van der Waals surface area contributed by atoms with Gasteiger partial charge in [-0.2, -0.15) is 0 Å². The number of methoxy groups -OCH3 is 1. The molecular weight excluding hydrogens is 318 g/mol. The highest BCUT2D eigenvalue weighted by Gasteiger charge is 2.03. The fourth-order valence-electron chi connectivity index (χ4n) is 2.24. The minimum Gasteiger partial charge on any atom is -0.497 e. The van der Waals surface area contributed by atoms with Crippen LogP contribution in [0.3, 0.4) is 0 Å². The van der Waals surface area contributed by atoms with Crippen molar-refractivity contribution in [3.63, 3.8) is 0 Å². The minimum absolute atomic E-state index is 0.0606. The molecule has 0 aromatic heterocycles. The lowest BCUT2D eigenvalue weighted by Crippen LogP contribution is -2.21. The monoisotopic (exact) mass is 341 g/mol. The Bertz CT molecular complexity index is 697. The first-order chi connectivity index (χ1) is 12.1. The maximum atomic E-state index is 11.9. The predicted molar refractivity (Wildman–Crippen MR) is 98.7 cm³/mol. The van der Waals surface area contributed by atoms with Crippen LogP contribution in [0.5, 0.6) is 5.75 Å². The summed E-state index contributed by atoms with van der Waals surface area (Å²) >= 11 is 0. The summed E-state index contributed by atoms with van der Waals surface area (Å²) in [6, 6.07) is 14.8. The molecule has 3 N–H and O–H groups in total. The highest BCUT2D eigenvalue weighted by atomic mass is 16.5. The van der Waals surface area contributed by atoms with Gasteiger partial charge in [0.25, 0.3) is 0 Å². The van der Waals surface area contributed by atoms with Crippen molar-refractivity contribution in [2.45, 2.75) is 19.9 Å². The molecule has 0 fully saturated rings. The Labute approximate surface area is 147 Å². The topological polar surface area (TPSA) is 79.5 Å². The van der Waals surface area contributed by atoms with Crippen molar-refractivity contribution in [1.82, 2.24) is 5.32 Å². The molecule has 2 aromatic carbocycles. The number of amides is 2. The first kappa shape index (κ1) is 18.5. The van der Waals surface area contributed by atoms with Crippen molar-refractivity contribution < 1.29 is 14.3 Å². The van der Waals surface area contributed by atoms with Crippen LogP contribution in [0.4, 0.5) is 11.4 Å². The Morgan fingerprint density at radius 2 is 1.52 bits per heavy atom. The van der Waals surface area contributed by atoms with Crippen LogP contribution in [0.25, 0.3) is 0 Å². The second-order valence-electron chi connectivity index (χ2n) is 5.58. The molecule has 0 atom stereocenters. The first-order valence-electron chi connectivity index (χ1n) is 8.08. The molecule has 132 valence electrons. The lowest BCUT2D eigenvalue weighted by Gasteiger charge is -2.08. The zero-order chi connectivity index (χ0) is 18.1. The van der Waals surface area contributed by atoms with E-state index in [0.29, 0.717) is 30.9 Å². The van der Waals surface area contributed by atoms with Gasteiger partial charge in [-0.05, 0) is 42.0 Å². The van der Waals surface area contributed by atoms with Crippen LogP contribution in [0.1, 0.15) is 18.9 Å². The summed E-state index contributed by atoms with van der Waals surface area (Å²) < 4.78 is 5.12. The molecule has 0 unspecified atom stereocenters. The molecule has 2 aromatic rings. The Morgan fingerprint density at radius 3 is 2.08 bits per heavy atom. The Balaban J connectivity index is 1.68. The molecule has 0 aliphatic carbocycles. The predicted octanol–water partition coefficient (Wildman–Crippen LogP) is 2.77. The van der Waals surface area contributed by atoms with Gasteiger partial charge in [-0.15, -0.1) is 0 Å². The van der Waals surface area contributed by atoms with Gasteiger partial charge in [-0.3, -0.25) is 9.59 Å². The summed E-state index contributed by atoms with van der Waals surface area (Å²) in [7, 11) is 1.64. The summed E-state index contributed by atoms with van der Waals surface area (Å²) in [4.78, 5) is 22.9. The van der Waals surface area contributed by atoms with E-state index in [-0.39, 0.29) is 11.8 Å². The molecule has 0 aliphatic rings. The van der Waals surface area contributed by atoms with E-state index in [1.807, 2.05) is 24.3 Å². The molecule has 0 bridgehead atoms. The number of hydrogen-bond donors (Lipinski definition) is 3. The van der Waals surface area contributed by atoms with E-state index in [9.17, 15) is 9.59 Å².